The predicted octanol–water partition coefficient (Wildman–Crippen LogP) is 6.68. The van der Waals surface area contributed by atoms with Gasteiger partial charge in [-0.3, -0.25) is 19.9 Å². The van der Waals surface area contributed by atoms with Gasteiger partial charge in [-0.15, -0.1) is 0 Å². The van der Waals surface area contributed by atoms with Crippen molar-refractivity contribution < 1.29 is 4.79 Å². The van der Waals surface area contributed by atoms with Crippen LogP contribution in [0.2, 0.25) is 0 Å². The van der Waals surface area contributed by atoms with Gasteiger partial charge < -0.3 is 10.3 Å². The quantitative estimate of drug-likeness (QED) is 0.217. The van der Waals surface area contributed by atoms with Crippen LogP contribution < -0.4 is 5.32 Å². The Bertz CT molecular complexity index is 1670. The maximum absolute atomic E-state index is 12.4. The fourth-order valence-corrected chi connectivity index (χ4v) is 4.94. The number of aryl methyl sites for hydroxylation is 1. The summed E-state index contributed by atoms with van der Waals surface area (Å²) in [5, 5.41) is 11.8. The Morgan fingerprint density at radius 3 is 2.66 bits per heavy atom. The van der Waals surface area contributed by atoms with Crippen molar-refractivity contribution in [2.45, 2.75) is 26.2 Å². The van der Waals surface area contributed by atoms with E-state index < -0.39 is 0 Å². The normalized spacial score (nSPS) is 13.9. The van der Waals surface area contributed by atoms with Gasteiger partial charge in [-0.25, -0.2) is 0 Å². The SMILES string of the molecule is C=C/C=C(/c1ccncc1)c1cc(-c2n[nH]c3ccc(-c4cncc(NC(=O)C5CCC5)c4)cc23)[nH]c1C. The largest absolute Gasteiger partial charge is 0.357 e. The Morgan fingerprint density at radius 1 is 1.05 bits per heavy atom. The molecule has 0 unspecified atom stereocenters. The second-order valence-corrected chi connectivity index (χ2v) is 9.69. The number of aromatic nitrogens is 5. The number of rotatable bonds is 7. The fraction of sp³-hybridized carbons (Fsp3) is 0.161. The van der Waals surface area contributed by atoms with E-state index in [1.807, 2.05) is 42.6 Å². The number of carbonyl (C=O) groups is 1. The Balaban J connectivity index is 1.35. The highest BCUT2D eigenvalue weighted by Gasteiger charge is 2.25. The molecule has 0 atom stereocenters. The van der Waals surface area contributed by atoms with Crippen molar-refractivity contribution in [3.63, 3.8) is 0 Å². The van der Waals surface area contributed by atoms with Gasteiger partial charge in [-0.2, -0.15) is 5.10 Å². The lowest BCUT2D eigenvalue weighted by atomic mass is 9.85. The molecule has 188 valence electrons. The zero-order valence-corrected chi connectivity index (χ0v) is 21.2. The number of anilines is 1. The molecule has 1 fully saturated rings. The molecule has 1 amide bonds. The molecule has 1 aliphatic rings. The van der Waals surface area contributed by atoms with Gasteiger partial charge in [-0.05, 0) is 72.9 Å². The van der Waals surface area contributed by atoms with E-state index in [4.69, 9.17) is 0 Å². The van der Waals surface area contributed by atoms with Gasteiger partial charge in [-0.1, -0.05) is 31.2 Å². The number of pyridine rings is 2. The van der Waals surface area contributed by atoms with Crippen LogP contribution in [0.15, 0.2) is 86.0 Å². The molecule has 1 aromatic carbocycles. The number of nitrogens with zero attached hydrogens (tertiary/aromatic N) is 3. The van der Waals surface area contributed by atoms with Crippen molar-refractivity contribution in [2.75, 3.05) is 5.32 Å². The van der Waals surface area contributed by atoms with E-state index in [0.29, 0.717) is 5.69 Å². The van der Waals surface area contributed by atoms with Crippen LogP contribution in [0.3, 0.4) is 0 Å². The number of hydrogen-bond donors (Lipinski definition) is 3. The minimum atomic E-state index is 0.0809. The summed E-state index contributed by atoms with van der Waals surface area (Å²) >= 11 is 0. The molecule has 3 N–H and O–H groups in total. The molecule has 7 nitrogen and oxygen atoms in total. The molecular weight excluding hydrogens is 472 g/mol. The van der Waals surface area contributed by atoms with Gasteiger partial charge in [0.2, 0.25) is 5.91 Å². The average molecular weight is 501 g/mol. The molecule has 5 aromatic rings. The number of benzene rings is 1. The number of amides is 1. The molecule has 0 saturated heterocycles. The number of aromatic amines is 2. The monoisotopic (exact) mass is 500 g/mol. The van der Waals surface area contributed by atoms with Crippen LogP contribution in [0.1, 0.15) is 36.1 Å². The number of fused-ring (bicyclic) bond motifs is 1. The fourth-order valence-electron chi connectivity index (χ4n) is 4.94. The summed E-state index contributed by atoms with van der Waals surface area (Å²) in [5.74, 6) is 0.204. The maximum atomic E-state index is 12.4. The van der Waals surface area contributed by atoms with Crippen molar-refractivity contribution in [1.29, 1.82) is 0 Å². The Hall–Kier alpha value is -4.78. The van der Waals surface area contributed by atoms with E-state index in [-0.39, 0.29) is 11.8 Å². The summed E-state index contributed by atoms with van der Waals surface area (Å²) in [4.78, 5) is 24.5. The second kappa shape index (κ2) is 9.94. The van der Waals surface area contributed by atoms with Gasteiger partial charge in [0, 0.05) is 46.7 Å². The number of H-pyrrole nitrogens is 2. The Labute approximate surface area is 220 Å². The maximum Gasteiger partial charge on any atom is 0.227 e. The molecule has 0 aliphatic heterocycles. The lowest BCUT2D eigenvalue weighted by molar-refractivity contribution is -0.122. The van der Waals surface area contributed by atoms with Gasteiger partial charge in [0.15, 0.2) is 0 Å². The van der Waals surface area contributed by atoms with Crippen molar-refractivity contribution in [3.8, 4) is 22.5 Å². The second-order valence-electron chi connectivity index (χ2n) is 9.69. The molecule has 4 aromatic heterocycles. The summed E-state index contributed by atoms with van der Waals surface area (Å²) in [6, 6.07) is 14.3. The summed E-state index contributed by atoms with van der Waals surface area (Å²) in [6.07, 6.45) is 14.0. The molecule has 7 heteroatoms. The third-order valence-electron chi connectivity index (χ3n) is 7.21. The van der Waals surface area contributed by atoms with Crippen molar-refractivity contribution in [3.05, 3.63) is 103 Å². The third kappa shape index (κ3) is 4.43. The summed E-state index contributed by atoms with van der Waals surface area (Å²) in [5.41, 5.74) is 9.60. The molecule has 0 spiro atoms. The zero-order valence-electron chi connectivity index (χ0n) is 21.2. The predicted molar refractivity (Wildman–Crippen MR) is 151 cm³/mol. The highest BCUT2D eigenvalue weighted by Crippen LogP contribution is 2.35. The first-order chi connectivity index (χ1) is 18.6. The summed E-state index contributed by atoms with van der Waals surface area (Å²) < 4.78 is 0. The molecule has 0 radical (unpaired) electrons. The van der Waals surface area contributed by atoms with Crippen LogP contribution in [0.5, 0.6) is 0 Å². The topological polar surface area (TPSA) is 99.3 Å². The van der Waals surface area contributed by atoms with Crippen LogP contribution >= 0.6 is 0 Å². The number of hydrogen-bond acceptors (Lipinski definition) is 4. The first kappa shape index (κ1) is 23.6. The van der Waals surface area contributed by atoms with Crippen LogP contribution in [-0.2, 0) is 4.79 Å². The van der Waals surface area contributed by atoms with Gasteiger partial charge in [0.05, 0.1) is 23.1 Å². The minimum absolute atomic E-state index is 0.0809. The number of allylic oxidation sites excluding steroid dienone is 2. The molecule has 4 heterocycles. The first-order valence-corrected chi connectivity index (χ1v) is 12.8. The van der Waals surface area contributed by atoms with E-state index in [1.54, 1.807) is 24.7 Å². The van der Waals surface area contributed by atoms with Crippen LogP contribution in [-0.4, -0.2) is 31.1 Å². The summed E-state index contributed by atoms with van der Waals surface area (Å²) in [7, 11) is 0. The average Bonchev–Trinajstić information content (AvgIpc) is 3.49. The first-order valence-electron chi connectivity index (χ1n) is 12.8. The Morgan fingerprint density at radius 2 is 1.89 bits per heavy atom. The van der Waals surface area contributed by atoms with Gasteiger partial charge in [0.1, 0.15) is 5.69 Å². The van der Waals surface area contributed by atoms with Crippen molar-refractivity contribution >= 4 is 28.1 Å². The van der Waals surface area contributed by atoms with Crippen molar-refractivity contribution in [2.24, 2.45) is 5.92 Å². The standard InChI is InChI=1S/C31H28N6O/c1-3-5-25(20-10-12-32-13-11-20)26-16-29(34-19(26)2)30-27-15-22(8-9-28(27)36-37-30)23-14-24(18-33-17-23)35-31(38)21-6-4-7-21/h3,5,8-18,21,34H,1,4,6-7H2,2H3,(H,35,38)(H,36,37)/b25-5-. The van der Waals surface area contributed by atoms with E-state index in [0.717, 1.165) is 75.1 Å². The highest BCUT2D eigenvalue weighted by atomic mass is 16.1. The molecule has 1 saturated carbocycles. The Kier molecular flexibility index (Phi) is 6.17. The smallest absolute Gasteiger partial charge is 0.227 e. The third-order valence-corrected chi connectivity index (χ3v) is 7.21. The molecular formula is C31H28N6O. The number of carbonyl (C=O) groups excluding carboxylic acids is 1. The molecule has 38 heavy (non-hydrogen) atoms. The molecule has 1 aliphatic carbocycles. The zero-order chi connectivity index (χ0) is 26.1. The van der Waals surface area contributed by atoms with E-state index in [1.165, 1.54) is 0 Å². The number of nitrogens with one attached hydrogen (secondary N) is 3. The van der Waals surface area contributed by atoms with Crippen molar-refractivity contribution in [1.82, 2.24) is 25.1 Å². The van der Waals surface area contributed by atoms with Gasteiger partial charge in [0.25, 0.3) is 0 Å². The van der Waals surface area contributed by atoms with E-state index >= 15 is 0 Å². The van der Waals surface area contributed by atoms with Crippen LogP contribution in [0.25, 0.3) is 39.0 Å². The van der Waals surface area contributed by atoms with E-state index in [9.17, 15) is 4.79 Å². The van der Waals surface area contributed by atoms with Crippen LogP contribution in [0.4, 0.5) is 5.69 Å². The molecule has 6 rings (SSSR count). The summed E-state index contributed by atoms with van der Waals surface area (Å²) in [6.45, 7) is 5.97. The van der Waals surface area contributed by atoms with E-state index in [2.05, 4.69) is 56.1 Å². The van der Waals surface area contributed by atoms with Gasteiger partial charge >= 0.3 is 0 Å². The minimum Gasteiger partial charge on any atom is -0.357 e. The van der Waals surface area contributed by atoms with Crippen LogP contribution in [0, 0.1) is 12.8 Å². The lowest BCUT2D eigenvalue weighted by Gasteiger charge is -2.24. The lowest BCUT2D eigenvalue weighted by Crippen LogP contribution is -2.28. The molecule has 0 bridgehead atoms. The highest BCUT2D eigenvalue weighted by molar-refractivity contribution is 5.97.